The largest absolute Gasteiger partial charge is 0.494 e. The average molecular weight is 302 g/mol. The van der Waals surface area contributed by atoms with E-state index in [4.69, 9.17) is 4.74 Å². The Morgan fingerprint density at radius 3 is 2.65 bits per heavy atom. The summed E-state index contributed by atoms with van der Waals surface area (Å²) in [5, 5.41) is 10.8. The minimum absolute atomic E-state index is 0.0864. The number of non-ortho nitro benzene ring substituents is 1. The molecule has 0 bridgehead atoms. The first-order chi connectivity index (χ1) is 7.95. The second-order valence-corrected chi connectivity index (χ2v) is 4.34. The summed E-state index contributed by atoms with van der Waals surface area (Å²) in [6, 6.07) is 4.33. The van der Waals surface area contributed by atoms with Gasteiger partial charge in [-0.15, -0.1) is 0 Å². The fourth-order valence-corrected chi connectivity index (χ4v) is 1.61. The molecule has 92 valence electrons. The van der Waals surface area contributed by atoms with Crippen molar-refractivity contribution in [3.05, 3.63) is 33.9 Å². The Kier molecular flexibility index (Phi) is 4.62. The summed E-state index contributed by atoms with van der Waals surface area (Å²) in [6.45, 7) is 3.61. The molecule has 17 heavy (non-hydrogen) atoms. The Balaban J connectivity index is 3.20. The lowest BCUT2D eigenvalue weighted by atomic mass is 10.1. The summed E-state index contributed by atoms with van der Waals surface area (Å²) in [5.74, 6) is 0.273. The molecule has 0 aliphatic carbocycles. The molecule has 0 aliphatic heterocycles. The van der Waals surface area contributed by atoms with Crippen molar-refractivity contribution in [3.63, 3.8) is 0 Å². The lowest BCUT2D eigenvalue weighted by Crippen LogP contribution is -2.03. The molecule has 1 rings (SSSR count). The van der Waals surface area contributed by atoms with Gasteiger partial charge in [-0.1, -0.05) is 15.9 Å². The molecule has 6 heteroatoms. The number of Topliss-reactive ketones (excluding diaryl/α,β-unsaturated/α-hetero) is 1. The third kappa shape index (κ3) is 3.52. The standard InChI is InChI=1S/C11H12BrNO4/c1-3-17-10-5-8(11(12)7(2)14)4-9(6-10)13(15)16/h4-6,11H,3H2,1-2H3. The van der Waals surface area contributed by atoms with E-state index in [1.54, 1.807) is 13.0 Å². The van der Waals surface area contributed by atoms with Crippen LogP contribution in [0, 0.1) is 10.1 Å². The number of nitro benzene ring substituents is 1. The average Bonchev–Trinajstić information content (AvgIpc) is 2.27. The van der Waals surface area contributed by atoms with Crippen LogP contribution in [0.1, 0.15) is 24.2 Å². The van der Waals surface area contributed by atoms with E-state index in [1.807, 2.05) is 0 Å². The maximum Gasteiger partial charge on any atom is 0.273 e. The van der Waals surface area contributed by atoms with Crippen LogP contribution in [0.4, 0.5) is 5.69 Å². The van der Waals surface area contributed by atoms with Crippen molar-refractivity contribution in [2.45, 2.75) is 18.7 Å². The molecule has 0 heterocycles. The van der Waals surface area contributed by atoms with Crippen LogP contribution in [0.25, 0.3) is 0 Å². The van der Waals surface area contributed by atoms with Crippen molar-refractivity contribution in [2.24, 2.45) is 0 Å². The van der Waals surface area contributed by atoms with Gasteiger partial charge in [-0.3, -0.25) is 14.9 Å². The van der Waals surface area contributed by atoms with E-state index in [-0.39, 0.29) is 11.5 Å². The molecule has 0 spiro atoms. The zero-order valence-corrected chi connectivity index (χ0v) is 11.1. The van der Waals surface area contributed by atoms with E-state index in [0.29, 0.717) is 17.9 Å². The summed E-state index contributed by atoms with van der Waals surface area (Å²) in [6.07, 6.45) is 0. The number of carbonyl (C=O) groups is 1. The maximum atomic E-state index is 11.2. The molecule has 0 aliphatic rings. The number of carbonyl (C=O) groups excluding carboxylic acids is 1. The number of ether oxygens (including phenoxy) is 1. The highest BCUT2D eigenvalue weighted by molar-refractivity contribution is 9.09. The number of hydrogen-bond donors (Lipinski definition) is 0. The highest BCUT2D eigenvalue weighted by Gasteiger charge is 2.18. The van der Waals surface area contributed by atoms with Crippen LogP contribution in [0.2, 0.25) is 0 Å². The second kappa shape index (κ2) is 5.77. The lowest BCUT2D eigenvalue weighted by Gasteiger charge is -2.09. The van der Waals surface area contributed by atoms with Crippen LogP contribution in [0.5, 0.6) is 5.75 Å². The van der Waals surface area contributed by atoms with Gasteiger partial charge >= 0.3 is 0 Å². The summed E-state index contributed by atoms with van der Waals surface area (Å²) in [7, 11) is 0. The zero-order valence-electron chi connectivity index (χ0n) is 9.47. The molecule has 0 aromatic heterocycles. The van der Waals surface area contributed by atoms with Crippen molar-refractivity contribution in [1.82, 2.24) is 0 Å². The van der Waals surface area contributed by atoms with Gasteiger partial charge in [-0.2, -0.15) is 0 Å². The van der Waals surface area contributed by atoms with Crippen molar-refractivity contribution in [2.75, 3.05) is 6.61 Å². The van der Waals surface area contributed by atoms with Crippen molar-refractivity contribution >= 4 is 27.4 Å². The molecule has 1 aromatic rings. The highest BCUT2D eigenvalue weighted by atomic mass is 79.9. The van der Waals surface area contributed by atoms with Gasteiger partial charge in [0.25, 0.3) is 5.69 Å². The molecule has 5 nitrogen and oxygen atoms in total. The maximum absolute atomic E-state index is 11.2. The van der Waals surface area contributed by atoms with Crippen LogP contribution in [0.3, 0.4) is 0 Å². The molecule has 1 aromatic carbocycles. The molecule has 0 N–H and O–H groups in total. The lowest BCUT2D eigenvalue weighted by molar-refractivity contribution is -0.385. The number of rotatable bonds is 5. The van der Waals surface area contributed by atoms with Gasteiger partial charge in [-0.05, 0) is 25.5 Å². The minimum atomic E-state index is -0.554. The molecule has 1 atom stereocenters. The summed E-state index contributed by atoms with van der Waals surface area (Å²) in [4.78, 5) is 20.9. The van der Waals surface area contributed by atoms with Gasteiger partial charge in [0.2, 0.25) is 0 Å². The van der Waals surface area contributed by atoms with E-state index >= 15 is 0 Å². The molecule has 0 amide bonds. The van der Waals surface area contributed by atoms with Gasteiger partial charge in [0.15, 0.2) is 0 Å². The zero-order chi connectivity index (χ0) is 13.0. The van der Waals surface area contributed by atoms with E-state index in [1.165, 1.54) is 19.1 Å². The number of ketones is 1. The molecule has 1 unspecified atom stereocenters. The van der Waals surface area contributed by atoms with Crippen molar-refractivity contribution in [3.8, 4) is 5.75 Å². The van der Waals surface area contributed by atoms with Crippen molar-refractivity contribution in [1.29, 1.82) is 0 Å². The summed E-state index contributed by atoms with van der Waals surface area (Å²) in [5.41, 5.74) is 0.437. The predicted molar refractivity (Wildman–Crippen MR) is 66.6 cm³/mol. The predicted octanol–water partition coefficient (Wildman–Crippen LogP) is 3.02. The Morgan fingerprint density at radius 1 is 1.53 bits per heavy atom. The van der Waals surface area contributed by atoms with Crippen LogP contribution in [-0.4, -0.2) is 17.3 Å². The highest BCUT2D eigenvalue weighted by Crippen LogP contribution is 2.31. The summed E-state index contributed by atoms with van der Waals surface area (Å²) < 4.78 is 5.23. The minimum Gasteiger partial charge on any atom is -0.494 e. The van der Waals surface area contributed by atoms with E-state index in [9.17, 15) is 14.9 Å². The number of alkyl halides is 1. The normalized spacial score (nSPS) is 11.9. The SMILES string of the molecule is CCOc1cc(C(Br)C(C)=O)cc([N+](=O)[O-])c1. The van der Waals surface area contributed by atoms with Crippen LogP contribution in [0.15, 0.2) is 18.2 Å². The third-order valence-electron chi connectivity index (χ3n) is 2.09. The van der Waals surface area contributed by atoms with Gasteiger partial charge in [-0.25, -0.2) is 0 Å². The Bertz CT molecular complexity index is 447. The van der Waals surface area contributed by atoms with Gasteiger partial charge in [0.1, 0.15) is 11.5 Å². The van der Waals surface area contributed by atoms with E-state index in [0.717, 1.165) is 0 Å². The first kappa shape index (κ1) is 13.6. The Morgan fingerprint density at radius 2 is 2.18 bits per heavy atom. The van der Waals surface area contributed by atoms with E-state index in [2.05, 4.69) is 15.9 Å². The number of halogens is 1. The Labute approximate surface area is 107 Å². The topological polar surface area (TPSA) is 69.4 Å². The quantitative estimate of drug-likeness (QED) is 0.476. The number of nitro groups is 1. The fraction of sp³-hybridized carbons (Fsp3) is 0.364. The third-order valence-corrected chi connectivity index (χ3v) is 3.26. The van der Waals surface area contributed by atoms with Crippen molar-refractivity contribution < 1.29 is 14.5 Å². The number of hydrogen-bond acceptors (Lipinski definition) is 4. The number of nitrogens with zero attached hydrogens (tertiary/aromatic N) is 1. The molecular formula is C11H12BrNO4. The fourth-order valence-electron chi connectivity index (χ4n) is 1.34. The summed E-state index contributed by atoms with van der Waals surface area (Å²) >= 11 is 3.19. The monoisotopic (exact) mass is 301 g/mol. The molecular weight excluding hydrogens is 290 g/mol. The molecule has 0 saturated heterocycles. The van der Waals surface area contributed by atoms with Gasteiger partial charge < -0.3 is 4.74 Å². The molecule has 0 saturated carbocycles. The van der Waals surface area contributed by atoms with Crippen LogP contribution in [-0.2, 0) is 4.79 Å². The smallest absolute Gasteiger partial charge is 0.273 e. The van der Waals surface area contributed by atoms with Crippen LogP contribution < -0.4 is 4.74 Å². The first-order valence-corrected chi connectivity index (χ1v) is 5.94. The first-order valence-electron chi connectivity index (χ1n) is 5.02. The second-order valence-electron chi connectivity index (χ2n) is 3.42. The molecule has 0 radical (unpaired) electrons. The Hall–Kier alpha value is -1.43. The van der Waals surface area contributed by atoms with Gasteiger partial charge in [0, 0.05) is 6.07 Å². The van der Waals surface area contributed by atoms with Gasteiger partial charge in [0.05, 0.1) is 22.4 Å². The number of benzene rings is 1. The van der Waals surface area contributed by atoms with E-state index < -0.39 is 9.75 Å². The molecule has 0 fully saturated rings. The van der Waals surface area contributed by atoms with Crippen LogP contribution >= 0.6 is 15.9 Å².